The van der Waals surface area contributed by atoms with E-state index in [0.29, 0.717) is 6.42 Å². The molecule has 3 aliphatic rings. The van der Waals surface area contributed by atoms with Crippen LogP contribution < -0.4 is 10.2 Å². The molecule has 1 aliphatic carbocycles. The van der Waals surface area contributed by atoms with Gasteiger partial charge in [-0.15, -0.1) is 0 Å². The van der Waals surface area contributed by atoms with Crippen molar-refractivity contribution in [2.45, 2.75) is 185 Å². The first-order chi connectivity index (χ1) is 30.6. The third kappa shape index (κ3) is 22.5. The van der Waals surface area contributed by atoms with Gasteiger partial charge < -0.3 is 24.3 Å². The Balaban J connectivity index is 0.000000556. The summed E-state index contributed by atoms with van der Waals surface area (Å²) in [5.41, 5.74) is 7.17. The van der Waals surface area contributed by atoms with Crippen LogP contribution in [0.15, 0.2) is 60.0 Å². The van der Waals surface area contributed by atoms with Crippen molar-refractivity contribution in [3.63, 3.8) is 0 Å². The number of pyridine rings is 1. The van der Waals surface area contributed by atoms with Gasteiger partial charge in [-0.05, 0) is 101 Å². The minimum absolute atomic E-state index is 0.115. The number of ketones is 1. The van der Waals surface area contributed by atoms with Crippen molar-refractivity contribution in [3.05, 3.63) is 82.5 Å². The van der Waals surface area contributed by atoms with Crippen LogP contribution >= 0.6 is 0 Å². The van der Waals surface area contributed by atoms with Gasteiger partial charge in [-0.1, -0.05) is 125 Å². The molecule has 1 fully saturated rings. The van der Waals surface area contributed by atoms with Crippen LogP contribution in [0.5, 0.6) is 0 Å². The summed E-state index contributed by atoms with van der Waals surface area (Å²) < 4.78 is 18.9. The Morgan fingerprint density at radius 3 is 2.20 bits per heavy atom. The number of unbranched alkanes of at least 4 members (excludes halogenated alkanes) is 2. The number of hydrogen-bond acceptors (Lipinski definition) is 6. The first kappa shape index (κ1) is 58.4. The van der Waals surface area contributed by atoms with Crippen LogP contribution in [-0.2, 0) is 4.74 Å². The van der Waals surface area contributed by atoms with Gasteiger partial charge in [0.1, 0.15) is 24.0 Å². The van der Waals surface area contributed by atoms with Gasteiger partial charge in [0.2, 0.25) is 0 Å². The summed E-state index contributed by atoms with van der Waals surface area (Å²) in [5.74, 6) is 4.07. The van der Waals surface area contributed by atoms with E-state index in [1.807, 2.05) is 44.7 Å². The molecule has 0 spiro atoms. The highest BCUT2D eigenvalue weighted by molar-refractivity contribution is 5.96. The number of Topliss-reactive ketones (excluding diaryl/α,β-unsaturated/α-hetero) is 1. The zero-order valence-corrected chi connectivity index (χ0v) is 44.0. The number of likely N-dealkylation sites (N-methyl/N-ethyl adjacent to an activating group) is 1. The maximum atomic E-state index is 13.1. The molecule has 1 N–H and O–H groups in total. The summed E-state index contributed by atoms with van der Waals surface area (Å²) in [4.78, 5) is 22.0. The molecule has 0 amide bonds. The van der Waals surface area contributed by atoms with Gasteiger partial charge in [0.15, 0.2) is 5.78 Å². The van der Waals surface area contributed by atoms with E-state index in [1.54, 1.807) is 13.3 Å². The van der Waals surface area contributed by atoms with Crippen LogP contribution in [0.4, 0.5) is 15.8 Å². The van der Waals surface area contributed by atoms with E-state index in [9.17, 15) is 9.18 Å². The van der Waals surface area contributed by atoms with Gasteiger partial charge in [-0.3, -0.25) is 9.78 Å². The predicted octanol–water partition coefficient (Wildman–Crippen LogP) is 15.8. The van der Waals surface area contributed by atoms with Gasteiger partial charge in [0.05, 0.1) is 56.8 Å². The average molecular weight is 891 g/mol. The van der Waals surface area contributed by atoms with E-state index >= 15 is 0 Å². The first-order valence-corrected chi connectivity index (χ1v) is 25.6. The second-order valence-electron chi connectivity index (χ2n) is 18.8. The Kier molecular flexibility index (Phi) is 30.0. The van der Waals surface area contributed by atoms with Crippen molar-refractivity contribution in [2.75, 3.05) is 64.6 Å². The fourth-order valence-corrected chi connectivity index (χ4v) is 8.55. The molecule has 7 nitrogen and oxygen atoms in total. The second-order valence-corrected chi connectivity index (χ2v) is 18.8. The molecule has 2 unspecified atom stereocenters. The minimum Gasteiger partial charge on any atom is -0.500 e. The van der Waals surface area contributed by atoms with Crippen LogP contribution in [0.2, 0.25) is 0 Å². The molecule has 2 atom stereocenters. The lowest BCUT2D eigenvalue weighted by atomic mass is 9.87. The molecular formula is C56H97FN5O2+. The van der Waals surface area contributed by atoms with Gasteiger partial charge >= 0.3 is 0 Å². The molecule has 2 aromatic rings. The first-order valence-electron chi connectivity index (χ1n) is 25.6. The summed E-state index contributed by atoms with van der Waals surface area (Å²) >= 11 is 0. The van der Waals surface area contributed by atoms with Crippen molar-refractivity contribution < 1.29 is 18.4 Å². The molecule has 364 valence electrons. The SMILES string of the molecule is C1CCCC1.CC.CCCCC(CCC)CC(C)CC.CCCN(/C=C(/C)F)CC.COC1=C(c2cc(C(=O)CCC/C=C3/Nc4ccc(C)cc4N3C)cc(C)n2)C[N+](C)(C)CC1. The molecular weight excluding hydrogens is 794 g/mol. The van der Waals surface area contributed by atoms with E-state index in [2.05, 4.69) is 97.2 Å². The van der Waals surface area contributed by atoms with Crippen LogP contribution in [0.1, 0.15) is 199 Å². The lowest BCUT2D eigenvalue weighted by Gasteiger charge is -2.35. The Morgan fingerprint density at radius 2 is 1.64 bits per heavy atom. The minimum atomic E-state index is -0.115. The summed E-state index contributed by atoms with van der Waals surface area (Å²) in [6.07, 6.45) is 25.2. The zero-order valence-electron chi connectivity index (χ0n) is 44.0. The summed E-state index contributed by atoms with van der Waals surface area (Å²) in [7, 11) is 8.25. The van der Waals surface area contributed by atoms with Gasteiger partial charge in [-0.2, -0.15) is 0 Å². The number of carbonyl (C=O) groups excluding carboxylic acids is 1. The molecule has 2 aliphatic heterocycles. The Labute approximate surface area is 394 Å². The van der Waals surface area contributed by atoms with Crippen LogP contribution in [0, 0.1) is 25.7 Å². The number of quaternary nitrogens is 1. The number of aryl methyl sites for hydroxylation is 2. The number of nitrogens with one attached hydrogen (secondary N) is 1. The second kappa shape index (κ2) is 32.9. The number of benzene rings is 1. The number of ether oxygens (including phenoxy) is 1. The maximum absolute atomic E-state index is 13.1. The summed E-state index contributed by atoms with van der Waals surface area (Å²) in [6, 6.07) is 10.3. The van der Waals surface area contributed by atoms with Crippen LogP contribution in [0.25, 0.3) is 5.57 Å². The maximum Gasteiger partial charge on any atom is 0.163 e. The zero-order chi connectivity index (χ0) is 48.1. The Morgan fingerprint density at radius 1 is 0.969 bits per heavy atom. The fourth-order valence-electron chi connectivity index (χ4n) is 8.55. The van der Waals surface area contributed by atoms with Crippen molar-refractivity contribution in [2.24, 2.45) is 11.8 Å². The number of methoxy groups -OCH3 is 1. The normalized spacial score (nSPS) is 16.7. The van der Waals surface area contributed by atoms with E-state index in [0.717, 1.165) is 108 Å². The molecule has 0 bridgehead atoms. The molecule has 3 heterocycles. The number of fused-ring (bicyclic) bond motifs is 1. The van der Waals surface area contributed by atoms with Crippen LogP contribution in [0.3, 0.4) is 0 Å². The number of halogens is 1. The largest absolute Gasteiger partial charge is 0.500 e. The lowest BCUT2D eigenvalue weighted by molar-refractivity contribution is -0.884. The Hall–Kier alpha value is -3.65. The summed E-state index contributed by atoms with van der Waals surface area (Å²) in [6.45, 7) is 26.7. The van der Waals surface area contributed by atoms with E-state index in [4.69, 9.17) is 9.72 Å². The van der Waals surface area contributed by atoms with Gasteiger partial charge in [-0.25, -0.2) is 4.39 Å². The molecule has 0 saturated heterocycles. The predicted molar refractivity (Wildman–Crippen MR) is 278 cm³/mol. The number of allylic oxidation sites excluding steroid dienone is 2. The Bertz CT molecular complexity index is 1680. The van der Waals surface area contributed by atoms with Crippen molar-refractivity contribution >= 4 is 22.7 Å². The highest BCUT2D eigenvalue weighted by Crippen LogP contribution is 2.36. The monoisotopic (exact) mass is 891 g/mol. The third-order valence-corrected chi connectivity index (χ3v) is 12.4. The van der Waals surface area contributed by atoms with Crippen molar-refractivity contribution in [1.29, 1.82) is 0 Å². The average Bonchev–Trinajstić information content (AvgIpc) is 3.97. The van der Waals surface area contributed by atoms with E-state index < -0.39 is 0 Å². The number of hydrogen-bond donors (Lipinski definition) is 1. The highest BCUT2D eigenvalue weighted by atomic mass is 19.1. The number of anilines is 2. The number of aromatic nitrogens is 1. The topological polar surface area (TPSA) is 57.7 Å². The quantitative estimate of drug-likeness (QED) is 0.0861. The molecule has 5 rings (SSSR count). The number of rotatable bonds is 19. The van der Waals surface area contributed by atoms with E-state index in [-0.39, 0.29) is 11.6 Å². The highest BCUT2D eigenvalue weighted by Gasteiger charge is 2.29. The molecule has 0 radical (unpaired) electrons. The molecule has 1 aromatic heterocycles. The standard InChI is InChI=1S/C28H37N4O2.C13H28.C8H16FN.C5H10.C2H6/c1-19-11-12-23-25(15-19)31(3)28(30-23)10-8-7-9-26(33)21-16-20(2)29-24(17-21)22-18-32(4,5)14-13-27(22)34-6;1-5-8-10-13(9-6-2)11-12(4)7-3;1-4-6-10(5-2)7-8(3)9;1-2-4-5-3-1;1-2/h10-12,15-17,30H,7-9,13-14,18H2,1-6H3;12-13H,5-11H2,1-4H3;7H,4-6H2,1-3H3;1-5H2;1-2H3/q+1;;;;/b28-10-;;8-7-;;. The number of nitrogens with zero attached hydrogens (tertiary/aromatic N) is 4. The van der Waals surface area contributed by atoms with Crippen molar-refractivity contribution in [3.8, 4) is 0 Å². The number of carbonyl (C=O) groups is 1. The van der Waals surface area contributed by atoms with Crippen LogP contribution in [-0.4, -0.2) is 74.6 Å². The smallest absolute Gasteiger partial charge is 0.163 e. The fraction of sp³-hybridized carbons (Fsp3) is 0.679. The van der Waals surface area contributed by atoms with Gasteiger partial charge in [0.25, 0.3) is 0 Å². The molecule has 1 aromatic carbocycles. The third-order valence-electron chi connectivity index (χ3n) is 12.4. The lowest BCUT2D eigenvalue weighted by Crippen LogP contribution is -2.44. The molecule has 64 heavy (non-hydrogen) atoms. The van der Waals surface area contributed by atoms with Crippen molar-refractivity contribution in [1.82, 2.24) is 9.88 Å². The molecule has 1 saturated carbocycles. The summed E-state index contributed by atoms with van der Waals surface area (Å²) in [5, 5.41) is 3.47. The van der Waals surface area contributed by atoms with Gasteiger partial charge in [0, 0.05) is 44.0 Å². The molecule has 8 heteroatoms. The van der Waals surface area contributed by atoms with E-state index in [1.165, 1.54) is 95.2 Å².